The Hall–Kier alpha value is -0.610. The van der Waals surface area contributed by atoms with Gasteiger partial charge in [-0.25, -0.2) is 0 Å². The summed E-state index contributed by atoms with van der Waals surface area (Å²) < 4.78 is 0. The summed E-state index contributed by atoms with van der Waals surface area (Å²) in [6, 6.07) is 0. The Balaban J connectivity index is 2.76. The van der Waals surface area contributed by atoms with E-state index in [1.54, 1.807) is 0 Å². The van der Waals surface area contributed by atoms with Crippen LogP contribution in [0.3, 0.4) is 0 Å². The molecule has 0 aromatic heterocycles. The number of nitrogens with one attached hydrogen (secondary N) is 1. The molecule has 0 aliphatic heterocycles. The number of hydrogen-bond donors (Lipinski definition) is 2. The summed E-state index contributed by atoms with van der Waals surface area (Å²) in [6.45, 7) is 8.05. The third-order valence-electron chi connectivity index (χ3n) is 4.31. The Morgan fingerprint density at radius 2 is 1.79 bits per heavy atom. The van der Waals surface area contributed by atoms with E-state index < -0.39 is 5.54 Å². The minimum absolute atomic E-state index is 0.223. The first-order valence-electron chi connectivity index (χ1n) is 7.82. The molecule has 19 heavy (non-hydrogen) atoms. The molecule has 0 heterocycles. The number of likely N-dealkylation sites (N-methyl/N-ethyl adjacent to an activating group) is 1. The molecule has 4 heteroatoms. The molecule has 1 aliphatic rings. The van der Waals surface area contributed by atoms with Gasteiger partial charge in [0.05, 0.1) is 11.6 Å². The fraction of sp³-hybridized carbons (Fsp3) is 0.933. The van der Waals surface area contributed by atoms with E-state index in [9.17, 15) is 9.90 Å². The predicted octanol–water partition coefficient (Wildman–Crippen LogP) is 1.92. The van der Waals surface area contributed by atoms with E-state index in [-0.39, 0.29) is 12.0 Å². The number of aliphatic hydroxyl groups excluding tert-OH is 1. The molecule has 1 atom stereocenters. The van der Waals surface area contributed by atoms with Gasteiger partial charge in [-0.3, -0.25) is 4.79 Å². The van der Waals surface area contributed by atoms with Gasteiger partial charge in [0, 0.05) is 19.6 Å². The molecule has 0 bridgehead atoms. The van der Waals surface area contributed by atoms with Crippen LogP contribution in [0.2, 0.25) is 0 Å². The first kappa shape index (κ1) is 16.4. The molecule has 2 N–H and O–H groups in total. The van der Waals surface area contributed by atoms with Crippen molar-refractivity contribution in [1.82, 2.24) is 10.2 Å². The lowest BCUT2D eigenvalue weighted by molar-refractivity contribution is -0.139. The Morgan fingerprint density at radius 1 is 1.21 bits per heavy atom. The summed E-state index contributed by atoms with van der Waals surface area (Å²) in [6.07, 6.45) is 5.58. The van der Waals surface area contributed by atoms with Crippen LogP contribution in [0.25, 0.3) is 0 Å². The fourth-order valence-corrected chi connectivity index (χ4v) is 2.89. The molecular weight excluding hydrogens is 240 g/mol. The summed E-state index contributed by atoms with van der Waals surface area (Å²) in [4.78, 5) is 14.7. The molecule has 1 amide bonds. The van der Waals surface area contributed by atoms with Crippen molar-refractivity contribution in [1.29, 1.82) is 0 Å². The van der Waals surface area contributed by atoms with Gasteiger partial charge in [0.25, 0.3) is 0 Å². The zero-order valence-electron chi connectivity index (χ0n) is 12.7. The van der Waals surface area contributed by atoms with E-state index in [0.29, 0.717) is 6.54 Å². The van der Waals surface area contributed by atoms with Gasteiger partial charge in [0.15, 0.2) is 0 Å². The third kappa shape index (κ3) is 4.18. The zero-order valence-corrected chi connectivity index (χ0v) is 12.7. The second-order valence-corrected chi connectivity index (χ2v) is 5.56. The van der Waals surface area contributed by atoms with Crippen molar-refractivity contribution in [2.75, 3.05) is 19.6 Å². The number of carbonyl (C=O) groups excluding carboxylic acids is 1. The summed E-state index contributed by atoms with van der Waals surface area (Å²) in [5, 5.41) is 13.1. The normalized spacial score (nSPS) is 20.0. The molecule has 112 valence electrons. The van der Waals surface area contributed by atoms with E-state index in [4.69, 9.17) is 0 Å². The first-order valence-corrected chi connectivity index (χ1v) is 7.82. The third-order valence-corrected chi connectivity index (χ3v) is 4.31. The zero-order chi connectivity index (χ0) is 14.3. The topological polar surface area (TPSA) is 52.6 Å². The van der Waals surface area contributed by atoms with Crippen LogP contribution in [0, 0.1) is 0 Å². The number of amides is 1. The van der Waals surface area contributed by atoms with Crippen LogP contribution in [0.5, 0.6) is 0 Å². The second kappa shape index (κ2) is 7.85. The number of carbonyl (C=O) groups is 1. The molecule has 0 radical (unpaired) electrons. The monoisotopic (exact) mass is 270 g/mol. The number of aliphatic hydroxyl groups is 1. The lowest BCUT2D eigenvalue weighted by Crippen LogP contribution is -2.60. The highest BCUT2D eigenvalue weighted by Gasteiger charge is 2.41. The molecule has 0 unspecified atom stereocenters. The minimum atomic E-state index is -0.430. The Kier molecular flexibility index (Phi) is 6.80. The first-order chi connectivity index (χ1) is 9.09. The molecular formula is C15H30N2O2. The van der Waals surface area contributed by atoms with Gasteiger partial charge in [0.1, 0.15) is 0 Å². The smallest absolute Gasteiger partial charge is 0.242 e. The maximum atomic E-state index is 12.8. The SMILES string of the molecule is CC[C@@H](O)CNC1(C(=O)N(CC)CC)CCCCC1. The molecule has 1 fully saturated rings. The predicted molar refractivity (Wildman–Crippen MR) is 78.0 cm³/mol. The van der Waals surface area contributed by atoms with E-state index >= 15 is 0 Å². The standard InChI is InChI=1S/C15H30N2O2/c1-4-13(18)12-16-15(10-8-7-9-11-15)14(19)17(5-2)6-3/h13,16,18H,4-12H2,1-3H3/t13-/m1/s1. The number of rotatable bonds is 7. The lowest BCUT2D eigenvalue weighted by atomic mass is 9.80. The van der Waals surface area contributed by atoms with Crippen LogP contribution in [-0.2, 0) is 4.79 Å². The van der Waals surface area contributed by atoms with Crippen molar-refractivity contribution in [3.8, 4) is 0 Å². The van der Waals surface area contributed by atoms with Crippen LogP contribution in [-0.4, -0.2) is 47.2 Å². The molecule has 0 aromatic carbocycles. The quantitative estimate of drug-likeness (QED) is 0.743. The van der Waals surface area contributed by atoms with Crippen molar-refractivity contribution in [3.63, 3.8) is 0 Å². The van der Waals surface area contributed by atoms with Crippen LogP contribution >= 0.6 is 0 Å². The van der Waals surface area contributed by atoms with Crippen molar-refractivity contribution in [2.45, 2.75) is 70.9 Å². The van der Waals surface area contributed by atoms with Crippen LogP contribution < -0.4 is 5.32 Å². The highest BCUT2D eigenvalue weighted by atomic mass is 16.3. The van der Waals surface area contributed by atoms with Gasteiger partial charge in [-0.05, 0) is 33.1 Å². The average molecular weight is 270 g/mol. The van der Waals surface area contributed by atoms with Gasteiger partial charge in [-0.2, -0.15) is 0 Å². The summed E-state index contributed by atoms with van der Waals surface area (Å²) >= 11 is 0. The second-order valence-electron chi connectivity index (χ2n) is 5.56. The van der Waals surface area contributed by atoms with Gasteiger partial charge >= 0.3 is 0 Å². The van der Waals surface area contributed by atoms with Crippen molar-refractivity contribution >= 4 is 5.91 Å². The van der Waals surface area contributed by atoms with E-state index in [2.05, 4.69) is 5.32 Å². The summed E-state index contributed by atoms with van der Waals surface area (Å²) in [5.41, 5.74) is -0.430. The van der Waals surface area contributed by atoms with Crippen LogP contribution in [0.4, 0.5) is 0 Å². The number of hydrogen-bond acceptors (Lipinski definition) is 3. The molecule has 1 aliphatic carbocycles. The molecule has 0 spiro atoms. The molecule has 0 aromatic rings. The molecule has 1 saturated carbocycles. The van der Waals surface area contributed by atoms with Gasteiger partial charge < -0.3 is 15.3 Å². The Bertz CT molecular complexity index is 271. The summed E-state index contributed by atoms with van der Waals surface area (Å²) in [5.74, 6) is 0.223. The number of nitrogens with zero attached hydrogens (tertiary/aromatic N) is 1. The van der Waals surface area contributed by atoms with Gasteiger partial charge in [-0.1, -0.05) is 26.2 Å². The maximum Gasteiger partial charge on any atom is 0.242 e. The Labute approximate surface area is 117 Å². The largest absolute Gasteiger partial charge is 0.392 e. The van der Waals surface area contributed by atoms with E-state index in [1.807, 2.05) is 25.7 Å². The Morgan fingerprint density at radius 3 is 2.26 bits per heavy atom. The molecule has 4 nitrogen and oxygen atoms in total. The highest BCUT2D eigenvalue weighted by Crippen LogP contribution is 2.30. The van der Waals surface area contributed by atoms with Crippen molar-refractivity contribution in [3.05, 3.63) is 0 Å². The maximum absolute atomic E-state index is 12.8. The lowest BCUT2D eigenvalue weighted by Gasteiger charge is -2.40. The highest BCUT2D eigenvalue weighted by molar-refractivity contribution is 5.86. The minimum Gasteiger partial charge on any atom is -0.392 e. The molecule has 0 saturated heterocycles. The van der Waals surface area contributed by atoms with Crippen LogP contribution in [0.15, 0.2) is 0 Å². The van der Waals surface area contributed by atoms with E-state index in [0.717, 1.165) is 45.2 Å². The summed E-state index contributed by atoms with van der Waals surface area (Å²) in [7, 11) is 0. The van der Waals surface area contributed by atoms with E-state index in [1.165, 1.54) is 6.42 Å². The van der Waals surface area contributed by atoms with Gasteiger partial charge in [0.2, 0.25) is 5.91 Å². The fourth-order valence-electron chi connectivity index (χ4n) is 2.89. The average Bonchev–Trinajstić information content (AvgIpc) is 2.46. The van der Waals surface area contributed by atoms with Crippen LogP contribution in [0.1, 0.15) is 59.3 Å². The van der Waals surface area contributed by atoms with Crippen molar-refractivity contribution < 1.29 is 9.90 Å². The number of β-amino-alcohol motifs (C(OH)–C–C–N with tert-alkyl or cyclic N) is 1. The van der Waals surface area contributed by atoms with Crippen molar-refractivity contribution in [2.24, 2.45) is 0 Å². The van der Waals surface area contributed by atoms with Gasteiger partial charge in [-0.15, -0.1) is 0 Å². The molecule has 1 rings (SSSR count).